The quantitative estimate of drug-likeness (QED) is 0.699. The van der Waals surface area contributed by atoms with Gasteiger partial charge in [-0.15, -0.1) is 0 Å². The van der Waals surface area contributed by atoms with E-state index in [0.717, 1.165) is 31.6 Å². The van der Waals surface area contributed by atoms with Gasteiger partial charge in [0.2, 0.25) is 0 Å². The zero-order valence-electron chi connectivity index (χ0n) is 11.1. The Bertz CT molecular complexity index is 546. The molecule has 3 N–H and O–H groups in total. The van der Waals surface area contributed by atoms with Gasteiger partial charge in [-0.1, -0.05) is 11.6 Å². The summed E-state index contributed by atoms with van der Waals surface area (Å²) in [4.78, 5) is 26.1. The number of aryl methyl sites for hydroxylation is 1. The summed E-state index contributed by atoms with van der Waals surface area (Å²) in [5, 5.41) is 6.03. The SMILES string of the molecule is Cc1ccc(C(=O)NCCC2=CCNCC2)c(=O)[nH]1. The molecule has 19 heavy (non-hydrogen) atoms. The summed E-state index contributed by atoms with van der Waals surface area (Å²) in [7, 11) is 0. The van der Waals surface area contributed by atoms with E-state index in [1.807, 2.05) is 0 Å². The molecule has 0 radical (unpaired) electrons. The number of rotatable bonds is 4. The number of aromatic nitrogens is 1. The topological polar surface area (TPSA) is 74.0 Å². The van der Waals surface area contributed by atoms with Crippen LogP contribution in [0, 0.1) is 6.92 Å². The van der Waals surface area contributed by atoms with Crippen LogP contribution in [0.25, 0.3) is 0 Å². The number of pyridine rings is 1. The maximum absolute atomic E-state index is 11.9. The average molecular weight is 261 g/mol. The third kappa shape index (κ3) is 3.79. The molecule has 0 aliphatic carbocycles. The number of H-pyrrole nitrogens is 1. The molecule has 0 aromatic carbocycles. The molecule has 1 aliphatic rings. The first kappa shape index (κ1) is 13.5. The van der Waals surface area contributed by atoms with E-state index in [9.17, 15) is 9.59 Å². The fraction of sp³-hybridized carbons (Fsp3) is 0.429. The molecule has 0 saturated heterocycles. The van der Waals surface area contributed by atoms with Gasteiger partial charge in [-0.05, 0) is 38.4 Å². The van der Waals surface area contributed by atoms with Crippen LogP contribution in [-0.2, 0) is 0 Å². The van der Waals surface area contributed by atoms with Crippen molar-refractivity contribution in [3.05, 3.63) is 45.4 Å². The molecule has 1 amide bonds. The van der Waals surface area contributed by atoms with Gasteiger partial charge in [0.1, 0.15) is 5.56 Å². The Morgan fingerprint density at radius 2 is 2.26 bits per heavy atom. The van der Waals surface area contributed by atoms with E-state index in [1.54, 1.807) is 19.1 Å². The predicted octanol–water partition coefficient (Wildman–Crippen LogP) is 0.723. The van der Waals surface area contributed by atoms with Crippen molar-refractivity contribution in [2.24, 2.45) is 0 Å². The first-order valence-corrected chi connectivity index (χ1v) is 6.53. The van der Waals surface area contributed by atoms with Gasteiger partial charge in [0.05, 0.1) is 0 Å². The van der Waals surface area contributed by atoms with Crippen LogP contribution in [-0.4, -0.2) is 30.5 Å². The number of nitrogens with one attached hydrogen (secondary N) is 3. The van der Waals surface area contributed by atoms with Gasteiger partial charge in [-0.3, -0.25) is 9.59 Å². The Balaban J connectivity index is 1.87. The predicted molar refractivity (Wildman–Crippen MR) is 74.3 cm³/mol. The van der Waals surface area contributed by atoms with Crippen LogP contribution < -0.4 is 16.2 Å². The second kappa shape index (κ2) is 6.33. The largest absolute Gasteiger partial charge is 0.352 e. The Morgan fingerprint density at radius 1 is 1.42 bits per heavy atom. The van der Waals surface area contributed by atoms with E-state index in [1.165, 1.54) is 5.57 Å². The van der Waals surface area contributed by atoms with Gasteiger partial charge in [0, 0.05) is 18.8 Å². The van der Waals surface area contributed by atoms with Crippen molar-refractivity contribution in [2.75, 3.05) is 19.6 Å². The monoisotopic (exact) mass is 261 g/mol. The lowest BCUT2D eigenvalue weighted by atomic mass is 10.1. The highest BCUT2D eigenvalue weighted by Gasteiger charge is 2.10. The molecule has 1 aliphatic heterocycles. The molecule has 2 rings (SSSR count). The van der Waals surface area contributed by atoms with Crippen molar-refractivity contribution < 1.29 is 4.79 Å². The fourth-order valence-electron chi connectivity index (χ4n) is 2.08. The van der Waals surface area contributed by atoms with Gasteiger partial charge in [-0.25, -0.2) is 0 Å². The van der Waals surface area contributed by atoms with Gasteiger partial charge in [-0.2, -0.15) is 0 Å². The molecule has 0 atom stereocenters. The lowest BCUT2D eigenvalue weighted by Crippen LogP contribution is -2.31. The van der Waals surface area contributed by atoms with E-state index in [2.05, 4.69) is 21.7 Å². The second-order valence-electron chi connectivity index (χ2n) is 4.71. The molecular formula is C14H19N3O2. The summed E-state index contributed by atoms with van der Waals surface area (Å²) in [6.07, 6.45) is 4.03. The van der Waals surface area contributed by atoms with Crippen LogP contribution in [0.1, 0.15) is 28.9 Å². The van der Waals surface area contributed by atoms with Crippen LogP contribution in [0.3, 0.4) is 0 Å². The molecule has 0 fully saturated rings. The van der Waals surface area contributed by atoms with Crippen LogP contribution in [0.2, 0.25) is 0 Å². The molecule has 0 spiro atoms. The summed E-state index contributed by atoms with van der Waals surface area (Å²) in [6.45, 7) is 4.25. The summed E-state index contributed by atoms with van der Waals surface area (Å²) in [6, 6.07) is 3.29. The molecule has 5 nitrogen and oxygen atoms in total. The molecule has 102 valence electrons. The van der Waals surface area contributed by atoms with Crippen molar-refractivity contribution in [1.29, 1.82) is 0 Å². The third-order valence-electron chi connectivity index (χ3n) is 3.19. The van der Waals surface area contributed by atoms with Gasteiger partial charge < -0.3 is 15.6 Å². The summed E-state index contributed by atoms with van der Waals surface area (Å²) in [5.41, 5.74) is 1.95. The van der Waals surface area contributed by atoms with Crippen LogP contribution in [0.4, 0.5) is 0 Å². The van der Waals surface area contributed by atoms with E-state index < -0.39 is 0 Å². The van der Waals surface area contributed by atoms with Crippen molar-refractivity contribution in [3.8, 4) is 0 Å². The minimum Gasteiger partial charge on any atom is -0.352 e. The molecule has 0 saturated carbocycles. The van der Waals surface area contributed by atoms with Crippen molar-refractivity contribution in [1.82, 2.24) is 15.6 Å². The van der Waals surface area contributed by atoms with E-state index in [-0.39, 0.29) is 17.0 Å². The number of carbonyl (C=O) groups is 1. The highest BCUT2D eigenvalue weighted by Crippen LogP contribution is 2.07. The first-order valence-electron chi connectivity index (χ1n) is 6.53. The normalized spacial score (nSPS) is 14.9. The molecular weight excluding hydrogens is 242 g/mol. The number of carbonyl (C=O) groups excluding carboxylic acids is 1. The van der Waals surface area contributed by atoms with E-state index >= 15 is 0 Å². The van der Waals surface area contributed by atoms with E-state index in [0.29, 0.717) is 6.54 Å². The van der Waals surface area contributed by atoms with Gasteiger partial charge in [0.25, 0.3) is 11.5 Å². The maximum Gasteiger partial charge on any atom is 0.260 e. The highest BCUT2D eigenvalue weighted by atomic mass is 16.2. The molecule has 0 bridgehead atoms. The minimum atomic E-state index is -0.335. The zero-order valence-corrected chi connectivity index (χ0v) is 11.1. The number of amides is 1. The second-order valence-corrected chi connectivity index (χ2v) is 4.71. The van der Waals surface area contributed by atoms with Crippen LogP contribution in [0.15, 0.2) is 28.6 Å². The average Bonchev–Trinajstić information content (AvgIpc) is 2.39. The summed E-state index contributed by atoms with van der Waals surface area (Å²) in [5.74, 6) is -0.309. The number of hydrogen-bond acceptors (Lipinski definition) is 3. The van der Waals surface area contributed by atoms with Crippen molar-refractivity contribution >= 4 is 5.91 Å². The van der Waals surface area contributed by atoms with Crippen LogP contribution in [0.5, 0.6) is 0 Å². The minimum absolute atomic E-state index is 0.171. The molecule has 5 heteroatoms. The standard InChI is InChI=1S/C14H19N3O2/c1-10-2-3-12(14(19)17-10)13(18)16-9-6-11-4-7-15-8-5-11/h2-4,15H,5-9H2,1H3,(H,16,18)(H,17,19). The highest BCUT2D eigenvalue weighted by molar-refractivity contribution is 5.93. The smallest absolute Gasteiger partial charge is 0.260 e. The maximum atomic E-state index is 11.9. The Morgan fingerprint density at radius 3 is 2.95 bits per heavy atom. The van der Waals surface area contributed by atoms with E-state index in [4.69, 9.17) is 0 Å². The summed E-state index contributed by atoms with van der Waals surface area (Å²) < 4.78 is 0. The Hall–Kier alpha value is -1.88. The van der Waals surface area contributed by atoms with Crippen LogP contribution >= 0.6 is 0 Å². The molecule has 0 unspecified atom stereocenters. The lowest BCUT2D eigenvalue weighted by molar-refractivity contribution is 0.0952. The lowest BCUT2D eigenvalue weighted by Gasteiger charge is -2.14. The molecule has 1 aromatic heterocycles. The Labute approximate surface area is 112 Å². The number of hydrogen-bond donors (Lipinski definition) is 3. The molecule has 2 heterocycles. The zero-order chi connectivity index (χ0) is 13.7. The Kier molecular flexibility index (Phi) is 4.52. The van der Waals surface area contributed by atoms with Crippen molar-refractivity contribution in [2.45, 2.75) is 19.8 Å². The van der Waals surface area contributed by atoms with Crippen molar-refractivity contribution in [3.63, 3.8) is 0 Å². The number of aromatic amines is 1. The first-order chi connectivity index (χ1) is 9.16. The fourth-order valence-corrected chi connectivity index (χ4v) is 2.08. The van der Waals surface area contributed by atoms with Gasteiger partial charge in [0.15, 0.2) is 0 Å². The van der Waals surface area contributed by atoms with Gasteiger partial charge >= 0.3 is 0 Å². The molecule has 1 aromatic rings. The summed E-state index contributed by atoms with van der Waals surface area (Å²) >= 11 is 0. The third-order valence-corrected chi connectivity index (χ3v) is 3.19.